The molecule has 0 aliphatic heterocycles. The summed E-state index contributed by atoms with van der Waals surface area (Å²) in [5.74, 6) is 0.134. The minimum absolute atomic E-state index is 0.0980. The molecule has 4 nitrogen and oxygen atoms in total. The van der Waals surface area contributed by atoms with Gasteiger partial charge in [-0.3, -0.25) is 9.78 Å². The third kappa shape index (κ3) is 3.29. The first-order valence-corrected chi connectivity index (χ1v) is 6.60. The first-order valence-electron chi connectivity index (χ1n) is 6.60. The van der Waals surface area contributed by atoms with Gasteiger partial charge in [0.25, 0.3) is 0 Å². The molecule has 0 atom stereocenters. The highest BCUT2D eigenvalue weighted by Crippen LogP contribution is 2.42. The van der Waals surface area contributed by atoms with Crippen molar-refractivity contribution >= 4 is 5.91 Å². The molecule has 1 aromatic heterocycles. The lowest BCUT2D eigenvalue weighted by Gasteiger charge is -2.40. The lowest BCUT2D eigenvalue weighted by atomic mass is 9.66. The summed E-state index contributed by atoms with van der Waals surface area (Å²) in [5.41, 5.74) is 7.04. The summed E-state index contributed by atoms with van der Waals surface area (Å²) in [4.78, 5) is 15.8. The first-order chi connectivity index (χ1) is 8.74. The predicted molar refractivity (Wildman–Crippen MR) is 70.9 cm³/mol. The molecule has 1 saturated carbocycles. The van der Waals surface area contributed by atoms with Crippen LogP contribution in [-0.2, 0) is 11.2 Å². The van der Waals surface area contributed by atoms with Gasteiger partial charge in [-0.15, -0.1) is 0 Å². The molecule has 0 spiro atoms. The standard InChI is InChI=1S/C14H21N3O/c15-11-14(5-1-6-14)10-13(18)17-9-4-12-2-7-16-8-3-12/h2-3,7-8H,1,4-6,9-11,15H2,(H,17,18). The minimum atomic E-state index is 0.0980. The number of hydrogen-bond acceptors (Lipinski definition) is 3. The summed E-state index contributed by atoms with van der Waals surface area (Å²) in [6.07, 6.45) is 8.39. The molecule has 2 rings (SSSR count). The number of nitrogens with zero attached hydrogens (tertiary/aromatic N) is 1. The Morgan fingerprint density at radius 2 is 2.11 bits per heavy atom. The molecule has 0 aromatic carbocycles. The fourth-order valence-corrected chi connectivity index (χ4v) is 2.43. The maximum atomic E-state index is 11.8. The molecular formula is C14H21N3O. The van der Waals surface area contributed by atoms with Crippen LogP contribution in [-0.4, -0.2) is 24.0 Å². The number of nitrogens with two attached hydrogens (primary N) is 1. The zero-order chi connectivity index (χ0) is 12.8. The van der Waals surface area contributed by atoms with Crippen LogP contribution in [0.1, 0.15) is 31.2 Å². The van der Waals surface area contributed by atoms with E-state index in [1.807, 2.05) is 12.1 Å². The fraction of sp³-hybridized carbons (Fsp3) is 0.571. The van der Waals surface area contributed by atoms with E-state index >= 15 is 0 Å². The summed E-state index contributed by atoms with van der Waals surface area (Å²) in [5, 5.41) is 2.97. The summed E-state index contributed by atoms with van der Waals surface area (Å²) in [6.45, 7) is 1.31. The van der Waals surface area contributed by atoms with Crippen LogP contribution in [0.2, 0.25) is 0 Å². The Morgan fingerprint density at radius 1 is 1.39 bits per heavy atom. The number of pyridine rings is 1. The van der Waals surface area contributed by atoms with Crippen LogP contribution in [0.3, 0.4) is 0 Å². The second-order valence-corrected chi connectivity index (χ2v) is 5.19. The summed E-state index contributed by atoms with van der Waals surface area (Å²) >= 11 is 0. The van der Waals surface area contributed by atoms with E-state index in [1.54, 1.807) is 12.4 Å². The van der Waals surface area contributed by atoms with Gasteiger partial charge in [-0.2, -0.15) is 0 Å². The predicted octanol–water partition coefficient (Wildman–Crippen LogP) is 1.26. The van der Waals surface area contributed by atoms with Crippen molar-refractivity contribution < 1.29 is 4.79 Å². The highest BCUT2D eigenvalue weighted by molar-refractivity contribution is 5.76. The van der Waals surface area contributed by atoms with Crippen molar-refractivity contribution in [3.8, 4) is 0 Å². The van der Waals surface area contributed by atoms with Gasteiger partial charge in [0.05, 0.1) is 0 Å². The van der Waals surface area contributed by atoms with Crippen LogP contribution >= 0.6 is 0 Å². The molecule has 0 radical (unpaired) electrons. The molecule has 4 heteroatoms. The van der Waals surface area contributed by atoms with Crippen molar-refractivity contribution in [1.29, 1.82) is 0 Å². The van der Waals surface area contributed by atoms with E-state index in [4.69, 9.17) is 5.73 Å². The quantitative estimate of drug-likeness (QED) is 0.795. The molecule has 18 heavy (non-hydrogen) atoms. The summed E-state index contributed by atoms with van der Waals surface area (Å²) in [6, 6.07) is 3.94. The number of carbonyl (C=O) groups excluding carboxylic acids is 1. The van der Waals surface area contributed by atoms with Gasteiger partial charge in [0, 0.05) is 25.4 Å². The van der Waals surface area contributed by atoms with Gasteiger partial charge in [0.2, 0.25) is 5.91 Å². The Hall–Kier alpha value is -1.42. The van der Waals surface area contributed by atoms with E-state index < -0.39 is 0 Å². The lowest BCUT2D eigenvalue weighted by Crippen LogP contribution is -2.42. The Morgan fingerprint density at radius 3 is 2.67 bits per heavy atom. The van der Waals surface area contributed by atoms with E-state index in [0.29, 0.717) is 19.5 Å². The van der Waals surface area contributed by atoms with Gasteiger partial charge in [0.15, 0.2) is 0 Å². The van der Waals surface area contributed by atoms with E-state index in [9.17, 15) is 4.79 Å². The highest BCUT2D eigenvalue weighted by Gasteiger charge is 2.37. The Bertz CT molecular complexity index is 382. The Labute approximate surface area is 108 Å². The van der Waals surface area contributed by atoms with Gasteiger partial charge in [-0.25, -0.2) is 0 Å². The van der Waals surface area contributed by atoms with Crippen LogP contribution in [0.4, 0.5) is 0 Å². The minimum Gasteiger partial charge on any atom is -0.356 e. The molecule has 0 bridgehead atoms. The van der Waals surface area contributed by atoms with Crippen molar-refractivity contribution in [3.05, 3.63) is 30.1 Å². The van der Waals surface area contributed by atoms with Crippen LogP contribution in [0.25, 0.3) is 0 Å². The van der Waals surface area contributed by atoms with Gasteiger partial charge < -0.3 is 11.1 Å². The van der Waals surface area contributed by atoms with Crippen molar-refractivity contribution in [2.45, 2.75) is 32.1 Å². The second kappa shape index (κ2) is 5.96. The number of nitrogens with one attached hydrogen (secondary N) is 1. The van der Waals surface area contributed by atoms with E-state index in [1.165, 1.54) is 12.0 Å². The first kappa shape index (κ1) is 13.0. The molecule has 1 heterocycles. The third-order valence-corrected chi connectivity index (χ3v) is 3.87. The molecule has 98 valence electrons. The number of hydrogen-bond donors (Lipinski definition) is 2. The number of aromatic nitrogens is 1. The highest BCUT2D eigenvalue weighted by atomic mass is 16.1. The maximum absolute atomic E-state index is 11.8. The molecular weight excluding hydrogens is 226 g/mol. The lowest BCUT2D eigenvalue weighted by molar-refractivity contribution is -0.124. The van der Waals surface area contributed by atoms with Gasteiger partial charge in [0.1, 0.15) is 0 Å². The average Bonchev–Trinajstić information content (AvgIpc) is 2.35. The Kier molecular flexibility index (Phi) is 4.31. The maximum Gasteiger partial charge on any atom is 0.220 e. The number of carbonyl (C=O) groups is 1. The van der Waals surface area contributed by atoms with E-state index in [-0.39, 0.29) is 11.3 Å². The second-order valence-electron chi connectivity index (χ2n) is 5.19. The number of rotatable bonds is 6. The fourth-order valence-electron chi connectivity index (χ4n) is 2.43. The van der Waals surface area contributed by atoms with Crippen LogP contribution in [0.15, 0.2) is 24.5 Å². The molecule has 0 unspecified atom stereocenters. The van der Waals surface area contributed by atoms with Crippen LogP contribution in [0.5, 0.6) is 0 Å². The monoisotopic (exact) mass is 247 g/mol. The molecule has 1 aromatic rings. The van der Waals surface area contributed by atoms with Gasteiger partial charge >= 0.3 is 0 Å². The van der Waals surface area contributed by atoms with Crippen LogP contribution in [0, 0.1) is 5.41 Å². The molecule has 1 fully saturated rings. The summed E-state index contributed by atoms with van der Waals surface area (Å²) in [7, 11) is 0. The molecule has 1 aliphatic carbocycles. The van der Waals surface area contributed by atoms with E-state index in [0.717, 1.165) is 19.3 Å². The molecule has 3 N–H and O–H groups in total. The number of amides is 1. The largest absolute Gasteiger partial charge is 0.356 e. The topological polar surface area (TPSA) is 68.0 Å². The van der Waals surface area contributed by atoms with Crippen molar-refractivity contribution in [1.82, 2.24) is 10.3 Å². The van der Waals surface area contributed by atoms with Crippen LogP contribution < -0.4 is 11.1 Å². The normalized spacial score (nSPS) is 16.9. The third-order valence-electron chi connectivity index (χ3n) is 3.87. The smallest absolute Gasteiger partial charge is 0.220 e. The molecule has 1 amide bonds. The van der Waals surface area contributed by atoms with Crippen molar-refractivity contribution in [2.75, 3.05) is 13.1 Å². The molecule has 0 saturated heterocycles. The average molecular weight is 247 g/mol. The Balaban J connectivity index is 1.69. The molecule has 1 aliphatic rings. The van der Waals surface area contributed by atoms with E-state index in [2.05, 4.69) is 10.3 Å². The van der Waals surface area contributed by atoms with Crippen molar-refractivity contribution in [3.63, 3.8) is 0 Å². The zero-order valence-electron chi connectivity index (χ0n) is 10.7. The van der Waals surface area contributed by atoms with Gasteiger partial charge in [-0.05, 0) is 48.9 Å². The zero-order valence-corrected chi connectivity index (χ0v) is 10.7. The van der Waals surface area contributed by atoms with Crippen molar-refractivity contribution in [2.24, 2.45) is 11.1 Å². The SMILES string of the molecule is NCC1(CC(=O)NCCc2ccncc2)CCC1. The summed E-state index contributed by atoms with van der Waals surface area (Å²) < 4.78 is 0. The van der Waals surface area contributed by atoms with Gasteiger partial charge in [-0.1, -0.05) is 6.42 Å².